The molecule has 0 aliphatic rings. The Balaban J connectivity index is 5.60. The molecular formula is C14H26F3NO3S. The summed E-state index contributed by atoms with van der Waals surface area (Å²) in [6.45, 7) is 9.87. The number of alkyl halides is 3. The van der Waals surface area contributed by atoms with Gasteiger partial charge in [-0.05, 0) is 32.6 Å². The third kappa shape index (κ3) is 7.09. The molecule has 3 atom stereocenters. The fourth-order valence-corrected chi connectivity index (χ4v) is 2.70. The summed E-state index contributed by atoms with van der Waals surface area (Å²) in [4.78, 5) is 11.8. The summed E-state index contributed by atoms with van der Waals surface area (Å²) in [5.74, 6) is -2.42. The maximum atomic E-state index is 13.4. The van der Waals surface area contributed by atoms with Gasteiger partial charge in [-0.2, -0.15) is 13.2 Å². The molecule has 0 amide bonds. The molecule has 0 aromatic carbocycles. The van der Waals surface area contributed by atoms with E-state index < -0.39 is 45.3 Å². The van der Waals surface area contributed by atoms with Gasteiger partial charge in [-0.1, -0.05) is 20.8 Å². The van der Waals surface area contributed by atoms with Gasteiger partial charge in [0.2, 0.25) is 0 Å². The Morgan fingerprint density at radius 3 is 1.86 bits per heavy atom. The van der Waals surface area contributed by atoms with Gasteiger partial charge in [0.05, 0.1) is 28.8 Å². The monoisotopic (exact) mass is 345 g/mol. The molecule has 8 heteroatoms. The molecule has 0 fully saturated rings. The van der Waals surface area contributed by atoms with Crippen molar-refractivity contribution in [3.05, 3.63) is 0 Å². The molecule has 0 aromatic heterocycles. The first-order valence-corrected chi connectivity index (χ1v) is 8.07. The number of rotatable bonds is 5. The molecular weight excluding hydrogens is 319 g/mol. The maximum Gasteiger partial charge on any atom is 0.405 e. The van der Waals surface area contributed by atoms with Gasteiger partial charge in [0.15, 0.2) is 0 Å². The second kappa shape index (κ2) is 7.29. The van der Waals surface area contributed by atoms with Gasteiger partial charge in [0.25, 0.3) is 0 Å². The standard InChI is InChI=1S/C14H26F3NO3S/c1-12(2,3)8-9(11(19)21-7)10(14(15,16)17)18-22(20)13(4,5)6/h9-10,18H,8H2,1-7H3/t9-,10-,22-/m0/s1. The number of hydrogen-bond donors (Lipinski definition) is 1. The summed E-state index contributed by atoms with van der Waals surface area (Å²) in [5.41, 5.74) is -0.521. The normalized spacial score (nSPS) is 17.7. The van der Waals surface area contributed by atoms with Crippen LogP contribution in [0.4, 0.5) is 13.2 Å². The van der Waals surface area contributed by atoms with Crippen LogP contribution in [0.15, 0.2) is 0 Å². The SMILES string of the molecule is COC(=O)[C@@H](CC(C)(C)C)[C@H](N[S@@](=O)C(C)(C)C)C(F)(F)F. The van der Waals surface area contributed by atoms with Gasteiger partial charge < -0.3 is 4.74 Å². The summed E-state index contributed by atoms with van der Waals surface area (Å²) >= 11 is 0. The predicted octanol–water partition coefficient (Wildman–Crippen LogP) is 3.19. The van der Waals surface area contributed by atoms with E-state index in [-0.39, 0.29) is 6.42 Å². The van der Waals surface area contributed by atoms with Crippen LogP contribution in [0.2, 0.25) is 0 Å². The lowest BCUT2D eigenvalue weighted by molar-refractivity contribution is -0.179. The highest BCUT2D eigenvalue weighted by Crippen LogP contribution is 2.34. The highest BCUT2D eigenvalue weighted by atomic mass is 32.2. The van der Waals surface area contributed by atoms with E-state index in [0.29, 0.717) is 0 Å². The molecule has 0 spiro atoms. The molecule has 0 aliphatic heterocycles. The van der Waals surface area contributed by atoms with Gasteiger partial charge in [-0.15, -0.1) is 0 Å². The molecule has 0 bridgehead atoms. The number of nitrogens with one attached hydrogen (secondary N) is 1. The lowest BCUT2D eigenvalue weighted by Gasteiger charge is -2.33. The van der Waals surface area contributed by atoms with E-state index in [1.165, 1.54) is 0 Å². The van der Waals surface area contributed by atoms with Gasteiger partial charge in [0.1, 0.15) is 6.04 Å². The van der Waals surface area contributed by atoms with Gasteiger partial charge in [-0.25, -0.2) is 8.93 Å². The van der Waals surface area contributed by atoms with Crippen molar-refractivity contribution in [2.45, 2.75) is 64.9 Å². The summed E-state index contributed by atoms with van der Waals surface area (Å²) in [5, 5.41) is 0. The van der Waals surface area contributed by atoms with Crippen molar-refractivity contribution >= 4 is 17.0 Å². The van der Waals surface area contributed by atoms with E-state index >= 15 is 0 Å². The van der Waals surface area contributed by atoms with Crippen molar-refractivity contribution in [2.75, 3.05) is 7.11 Å². The summed E-state index contributed by atoms with van der Waals surface area (Å²) < 4.78 is 57.9. The van der Waals surface area contributed by atoms with Crippen molar-refractivity contribution in [1.29, 1.82) is 0 Å². The topological polar surface area (TPSA) is 55.4 Å². The number of ether oxygens (including phenoxy) is 1. The number of methoxy groups -OCH3 is 1. The Kier molecular flexibility index (Phi) is 7.09. The van der Waals surface area contributed by atoms with Crippen LogP contribution in [-0.2, 0) is 20.5 Å². The molecule has 0 radical (unpaired) electrons. The second-order valence-electron chi connectivity index (χ2n) is 7.41. The Morgan fingerprint density at radius 1 is 1.14 bits per heavy atom. The molecule has 22 heavy (non-hydrogen) atoms. The first-order chi connectivity index (χ1) is 9.59. The average Bonchev–Trinajstić information content (AvgIpc) is 2.28. The molecule has 4 nitrogen and oxygen atoms in total. The minimum Gasteiger partial charge on any atom is -0.469 e. The van der Waals surface area contributed by atoms with E-state index in [0.717, 1.165) is 7.11 Å². The fraction of sp³-hybridized carbons (Fsp3) is 0.929. The van der Waals surface area contributed by atoms with Crippen LogP contribution in [0, 0.1) is 11.3 Å². The van der Waals surface area contributed by atoms with Crippen LogP contribution in [-0.4, -0.2) is 34.3 Å². The van der Waals surface area contributed by atoms with Crippen molar-refractivity contribution in [3.8, 4) is 0 Å². The number of esters is 1. The van der Waals surface area contributed by atoms with Crippen molar-refractivity contribution in [3.63, 3.8) is 0 Å². The third-order valence-corrected chi connectivity index (χ3v) is 4.46. The zero-order valence-electron chi connectivity index (χ0n) is 14.1. The maximum absolute atomic E-state index is 13.4. The Labute approximate surface area is 132 Å². The molecule has 0 saturated heterocycles. The third-order valence-electron chi connectivity index (χ3n) is 2.88. The number of hydrogen-bond acceptors (Lipinski definition) is 3. The molecule has 0 aromatic rings. The summed E-state index contributed by atoms with van der Waals surface area (Å²) in [6, 6.07) is -2.22. The quantitative estimate of drug-likeness (QED) is 0.779. The highest BCUT2D eigenvalue weighted by Gasteiger charge is 2.50. The minimum atomic E-state index is -4.72. The molecule has 0 heterocycles. The Hall–Kier alpha value is -0.630. The number of halogens is 3. The molecule has 0 saturated carbocycles. The zero-order valence-corrected chi connectivity index (χ0v) is 14.9. The van der Waals surface area contributed by atoms with Crippen LogP contribution < -0.4 is 4.72 Å². The van der Waals surface area contributed by atoms with Crippen LogP contribution in [0.1, 0.15) is 48.0 Å². The van der Waals surface area contributed by atoms with E-state index in [2.05, 4.69) is 9.46 Å². The van der Waals surface area contributed by atoms with Crippen LogP contribution in [0.3, 0.4) is 0 Å². The number of carbonyl (C=O) groups is 1. The average molecular weight is 345 g/mol. The predicted molar refractivity (Wildman–Crippen MR) is 80.5 cm³/mol. The summed E-state index contributed by atoms with van der Waals surface area (Å²) in [7, 11) is -0.911. The molecule has 0 rings (SSSR count). The first kappa shape index (κ1) is 21.4. The van der Waals surface area contributed by atoms with E-state index in [1.807, 2.05) is 0 Å². The smallest absolute Gasteiger partial charge is 0.405 e. The van der Waals surface area contributed by atoms with Gasteiger partial charge in [0, 0.05) is 0 Å². The minimum absolute atomic E-state index is 0.0435. The zero-order chi connectivity index (χ0) is 17.9. The van der Waals surface area contributed by atoms with Crippen molar-refractivity contribution < 1.29 is 26.9 Å². The molecule has 1 N–H and O–H groups in total. The fourth-order valence-electron chi connectivity index (χ4n) is 1.82. The van der Waals surface area contributed by atoms with Crippen molar-refractivity contribution in [2.24, 2.45) is 11.3 Å². The Bertz CT molecular complexity index is 411. The Morgan fingerprint density at radius 2 is 1.59 bits per heavy atom. The largest absolute Gasteiger partial charge is 0.469 e. The van der Waals surface area contributed by atoms with Crippen LogP contribution in [0.25, 0.3) is 0 Å². The van der Waals surface area contributed by atoms with Crippen LogP contribution >= 0.6 is 0 Å². The summed E-state index contributed by atoms with van der Waals surface area (Å²) in [6.07, 6.45) is -4.76. The highest BCUT2D eigenvalue weighted by molar-refractivity contribution is 7.84. The van der Waals surface area contributed by atoms with Gasteiger partial charge in [-0.3, -0.25) is 4.79 Å². The lowest BCUT2D eigenvalue weighted by Crippen LogP contribution is -2.54. The molecule has 132 valence electrons. The molecule has 0 aliphatic carbocycles. The van der Waals surface area contributed by atoms with Gasteiger partial charge >= 0.3 is 12.1 Å². The number of carbonyl (C=O) groups excluding carboxylic acids is 1. The lowest BCUT2D eigenvalue weighted by atomic mass is 9.81. The van der Waals surface area contributed by atoms with E-state index in [4.69, 9.17) is 0 Å². The second-order valence-corrected chi connectivity index (χ2v) is 9.41. The molecule has 0 unspecified atom stereocenters. The van der Waals surface area contributed by atoms with E-state index in [1.54, 1.807) is 41.5 Å². The first-order valence-electron chi connectivity index (χ1n) is 6.92. The van der Waals surface area contributed by atoms with E-state index in [9.17, 15) is 22.2 Å². The van der Waals surface area contributed by atoms with Crippen LogP contribution in [0.5, 0.6) is 0 Å². The van der Waals surface area contributed by atoms with Crippen molar-refractivity contribution in [1.82, 2.24) is 4.72 Å².